The summed E-state index contributed by atoms with van der Waals surface area (Å²) in [6.07, 6.45) is 6.88. The third-order valence-electron chi connectivity index (χ3n) is 6.62. The van der Waals surface area contributed by atoms with E-state index in [0.29, 0.717) is 25.2 Å². The van der Waals surface area contributed by atoms with Gasteiger partial charge < -0.3 is 19.6 Å². The van der Waals surface area contributed by atoms with E-state index in [1.54, 1.807) is 12.1 Å². The molecule has 6 nitrogen and oxygen atoms in total. The predicted octanol–water partition coefficient (Wildman–Crippen LogP) is 3.92. The molecule has 0 aliphatic carbocycles. The number of aldehydes is 1. The monoisotopic (exact) mass is 436 g/mol. The molecule has 32 heavy (non-hydrogen) atoms. The summed E-state index contributed by atoms with van der Waals surface area (Å²) in [5, 5.41) is 9.90. The van der Waals surface area contributed by atoms with Crippen LogP contribution in [-0.2, 0) is 6.42 Å². The van der Waals surface area contributed by atoms with Gasteiger partial charge in [0.1, 0.15) is 18.1 Å². The van der Waals surface area contributed by atoms with Crippen LogP contribution in [-0.4, -0.2) is 65.9 Å². The molecular weight excluding hydrogens is 404 g/mol. The number of phenolic OH excluding ortho intramolecular Hbond substituents is 1. The lowest BCUT2D eigenvalue weighted by Gasteiger charge is -2.36. The van der Waals surface area contributed by atoms with E-state index in [1.807, 2.05) is 23.1 Å². The summed E-state index contributed by atoms with van der Waals surface area (Å²) >= 11 is 0. The quantitative estimate of drug-likeness (QED) is 0.635. The Morgan fingerprint density at radius 3 is 2.62 bits per heavy atom. The average molecular weight is 437 g/mol. The molecule has 2 aliphatic rings. The van der Waals surface area contributed by atoms with Crippen LogP contribution in [0, 0.1) is 0 Å². The summed E-state index contributed by atoms with van der Waals surface area (Å²) in [4.78, 5) is 29.3. The van der Waals surface area contributed by atoms with Crippen LogP contribution in [0.3, 0.4) is 0 Å². The number of rotatable bonds is 8. The van der Waals surface area contributed by atoms with Gasteiger partial charge in [-0.2, -0.15) is 0 Å². The minimum atomic E-state index is -0.0963. The number of hydrogen-bond donors (Lipinski definition) is 1. The molecule has 6 heteroatoms. The Labute approximate surface area is 189 Å². The number of phenols is 1. The van der Waals surface area contributed by atoms with Gasteiger partial charge in [-0.25, -0.2) is 0 Å². The van der Waals surface area contributed by atoms with Crippen LogP contribution in [0.1, 0.15) is 58.4 Å². The Hall–Kier alpha value is -2.86. The summed E-state index contributed by atoms with van der Waals surface area (Å²) in [7, 11) is 0. The smallest absolute Gasteiger partial charge is 0.254 e. The van der Waals surface area contributed by atoms with Crippen molar-refractivity contribution in [2.45, 2.75) is 44.6 Å². The molecule has 2 saturated heterocycles. The second-order valence-electron chi connectivity index (χ2n) is 8.72. The standard InChI is InChI=1S/C26H32N2O4/c29-18-23-24(30)11-7-12-25(23)32-19-21-9-3-4-16-28(21)26(31)22-10-2-1-8-20(22)13-17-27-14-5-6-15-27/h1-2,7-8,10-12,18,21,30H,3-6,9,13-17,19H2. The van der Waals surface area contributed by atoms with E-state index in [1.165, 1.54) is 18.9 Å². The van der Waals surface area contributed by atoms with Crippen LogP contribution in [0.2, 0.25) is 0 Å². The minimum Gasteiger partial charge on any atom is -0.507 e. The highest BCUT2D eigenvalue weighted by molar-refractivity contribution is 5.96. The molecule has 2 aromatic carbocycles. The molecule has 170 valence electrons. The molecule has 1 unspecified atom stereocenters. The van der Waals surface area contributed by atoms with Gasteiger partial charge in [-0.15, -0.1) is 0 Å². The predicted molar refractivity (Wildman–Crippen MR) is 123 cm³/mol. The first kappa shape index (κ1) is 22.3. The van der Waals surface area contributed by atoms with Gasteiger partial charge in [0.25, 0.3) is 5.91 Å². The summed E-state index contributed by atoms with van der Waals surface area (Å²) in [5.74, 6) is 0.312. The van der Waals surface area contributed by atoms with Crippen molar-refractivity contribution in [1.29, 1.82) is 0 Å². The molecule has 0 radical (unpaired) electrons. The molecule has 2 fully saturated rings. The molecular formula is C26H32N2O4. The van der Waals surface area contributed by atoms with Crippen molar-refractivity contribution in [3.8, 4) is 11.5 Å². The van der Waals surface area contributed by atoms with Gasteiger partial charge in [-0.3, -0.25) is 9.59 Å². The third kappa shape index (κ3) is 5.13. The number of aromatic hydroxyl groups is 1. The van der Waals surface area contributed by atoms with E-state index in [2.05, 4.69) is 11.0 Å². The van der Waals surface area contributed by atoms with Crippen molar-refractivity contribution in [2.75, 3.05) is 32.8 Å². The lowest BCUT2D eigenvalue weighted by Crippen LogP contribution is -2.47. The van der Waals surface area contributed by atoms with Crippen molar-refractivity contribution < 1.29 is 19.4 Å². The fraction of sp³-hybridized carbons (Fsp3) is 0.462. The topological polar surface area (TPSA) is 70.1 Å². The molecule has 1 atom stereocenters. The van der Waals surface area contributed by atoms with Crippen LogP contribution in [0.25, 0.3) is 0 Å². The molecule has 4 rings (SSSR count). The fourth-order valence-corrected chi connectivity index (χ4v) is 4.79. The number of amides is 1. The van der Waals surface area contributed by atoms with E-state index in [0.717, 1.165) is 56.4 Å². The Bertz CT molecular complexity index is 939. The van der Waals surface area contributed by atoms with E-state index >= 15 is 0 Å². The first-order valence-corrected chi connectivity index (χ1v) is 11.7. The average Bonchev–Trinajstić information content (AvgIpc) is 3.35. The van der Waals surface area contributed by atoms with Gasteiger partial charge >= 0.3 is 0 Å². The number of piperidine rings is 1. The van der Waals surface area contributed by atoms with Crippen molar-refractivity contribution >= 4 is 12.2 Å². The van der Waals surface area contributed by atoms with Crippen LogP contribution >= 0.6 is 0 Å². The highest BCUT2D eigenvalue weighted by atomic mass is 16.5. The number of nitrogens with zero attached hydrogens (tertiary/aromatic N) is 2. The zero-order valence-electron chi connectivity index (χ0n) is 18.5. The third-order valence-corrected chi connectivity index (χ3v) is 6.62. The normalized spacial score (nSPS) is 19.1. The number of ether oxygens (including phenoxy) is 1. The number of likely N-dealkylation sites (tertiary alicyclic amines) is 2. The van der Waals surface area contributed by atoms with Crippen LogP contribution < -0.4 is 4.74 Å². The van der Waals surface area contributed by atoms with Crippen molar-refractivity contribution in [3.63, 3.8) is 0 Å². The van der Waals surface area contributed by atoms with Crippen molar-refractivity contribution in [2.24, 2.45) is 0 Å². The Balaban J connectivity index is 1.46. The first-order chi connectivity index (χ1) is 15.7. The fourth-order valence-electron chi connectivity index (χ4n) is 4.79. The zero-order valence-corrected chi connectivity index (χ0v) is 18.5. The maximum Gasteiger partial charge on any atom is 0.254 e. The van der Waals surface area contributed by atoms with Gasteiger partial charge in [0.15, 0.2) is 6.29 Å². The van der Waals surface area contributed by atoms with Crippen molar-refractivity contribution in [1.82, 2.24) is 9.80 Å². The summed E-state index contributed by atoms with van der Waals surface area (Å²) < 4.78 is 5.92. The van der Waals surface area contributed by atoms with Crippen LogP contribution in [0.5, 0.6) is 11.5 Å². The van der Waals surface area contributed by atoms with Gasteiger partial charge in [0, 0.05) is 18.7 Å². The van der Waals surface area contributed by atoms with E-state index in [4.69, 9.17) is 4.74 Å². The Morgan fingerprint density at radius 1 is 1.03 bits per heavy atom. The largest absolute Gasteiger partial charge is 0.507 e. The highest BCUT2D eigenvalue weighted by Gasteiger charge is 2.29. The maximum atomic E-state index is 13.6. The molecule has 1 N–H and O–H groups in total. The summed E-state index contributed by atoms with van der Waals surface area (Å²) in [5.41, 5.74) is 2.03. The SMILES string of the molecule is O=Cc1c(O)cccc1OCC1CCCCN1C(=O)c1ccccc1CCN1CCCC1. The van der Waals surface area contributed by atoms with E-state index in [-0.39, 0.29) is 23.3 Å². The molecule has 1 amide bonds. The molecule has 2 aromatic rings. The van der Waals surface area contributed by atoms with Gasteiger partial charge in [-0.05, 0) is 75.4 Å². The first-order valence-electron chi connectivity index (χ1n) is 11.7. The minimum absolute atomic E-state index is 0.0573. The van der Waals surface area contributed by atoms with Gasteiger partial charge in [-0.1, -0.05) is 24.3 Å². The number of carbonyl (C=O) groups is 2. The van der Waals surface area contributed by atoms with Crippen LogP contribution in [0.15, 0.2) is 42.5 Å². The molecule has 0 bridgehead atoms. The van der Waals surface area contributed by atoms with E-state index < -0.39 is 0 Å². The zero-order chi connectivity index (χ0) is 22.3. The molecule has 2 aliphatic heterocycles. The molecule has 2 heterocycles. The number of carbonyl (C=O) groups excluding carboxylic acids is 2. The number of benzene rings is 2. The van der Waals surface area contributed by atoms with Crippen molar-refractivity contribution in [3.05, 3.63) is 59.2 Å². The highest BCUT2D eigenvalue weighted by Crippen LogP contribution is 2.27. The molecule has 0 saturated carbocycles. The Morgan fingerprint density at radius 2 is 1.81 bits per heavy atom. The number of hydrogen-bond acceptors (Lipinski definition) is 5. The maximum absolute atomic E-state index is 13.6. The summed E-state index contributed by atoms with van der Waals surface area (Å²) in [6, 6.07) is 12.7. The Kier molecular flexibility index (Phi) is 7.43. The van der Waals surface area contributed by atoms with Gasteiger partial charge in [0.2, 0.25) is 0 Å². The van der Waals surface area contributed by atoms with Gasteiger partial charge in [0.05, 0.1) is 11.6 Å². The lowest BCUT2D eigenvalue weighted by atomic mass is 9.98. The molecule has 0 aromatic heterocycles. The summed E-state index contributed by atoms with van der Waals surface area (Å²) in [6.45, 7) is 4.29. The second-order valence-corrected chi connectivity index (χ2v) is 8.72. The van der Waals surface area contributed by atoms with Crippen LogP contribution in [0.4, 0.5) is 0 Å². The molecule has 0 spiro atoms. The second kappa shape index (κ2) is 10.6. The van der Waals surface area contributed by atoms with E-state index in [9.17, 15) is 14.7 Å². The lowest BCUT2D eigenvalue weighted by molar-refractivity contribution is 0.0525.